The van der Waals surface area contributed by atoms with Gasteiger partial charge in [0.05, 0.1) is 11.5 Å². The van der Waals surface area contributed by atoms with E-state index in [1.54, 1.807) is 24.3 Å². The molecule has 1 atom stereocenters. The average Bonchev–Trinajstić information content (AvgIpc) is 2.86. The van der Waals surface area contributed by atoms with Gasteiger partial charge in [0.25, 0.3) is 5.91 Å². The fraction of sp³-hybridized carbons (Fsp3) is 0.294. The molecule has 1 amide bonds. The number of hydrogen-bond donors (Lipinski definition) is 1. The largest absolute Gasteiger partial charge is 0.348 e. The van der Waals surface area contributed by atoms with Crippen molar-refractivity contribution in [2.45, 2.75) is 18.9 Å². The second kappa shape index (κ2) is 6.68. The summed E-state index contributed by atoms with van der Waals surface area (Å²) in [6.07, 6.45) is 2.38. The molecular formula is C17H17FN2O3S. The quantitative estimate of drug-likeness (QED) is 0.913. The number of amides is 1. The molecule has 0 spiro atoms. The summed E-state index contributed by atoms with van der Waals surface area (Å²) in [5, 5.41) is 2.75. The Labute approximate surface area is 139 Å². The fourth-order valence-corrected chi connectivity index (χ4v) is 4.42. The summed E-state index contributed by atoms with van der Waals surface area (Å²) < 4.78 is 36.1. The number of aromatic nitrogens is 1. The van der Waals surface area contributed by atoms with Crippen LogP contribution >= 0.6 is 0 Å². The molecule has 1 N–H and O–H groups in total. The second-order valence-electron chi connectivity index (χ2n) is 5.92. The Morgan fingerprint density at radius 2 is 2.12 bits per heavy atom. The predicted octanol–water partition coefficient (Wildman–Crippen LogP) is 1.73. The highest BCUT2D eigenvalue weighted by atomic mass is 32.2. The first-order chi connectivity index (χ1) is 11.4. The van der Waals surface area contributed by atoms with Crippen LogP contribution in [-0.2, 0) is 16.3 Å². The van der Waals surface area contributed by atoms with Crippen molar-refractivity contribution >= 4 is 15.7 Å². The molecule has 1 aromatic heterocycles. The summed E-state index contributed by atoms with van der Waals surface area (Å²) in [6, 6.07) is 9.09. The van der Waals surface area contributed by atoms with Gasteiger partial charge in [0, 0.05) is 29.9 Å². The van der Waals surface area contributed by atoms with Gasteiger partial charge >= 0.3 is 0 Å². The molecule has 0 aliphatic carbocycles. The highest BCUT2D eigenvalue weighted by molar-refractivity contribution is 7.91. The number of nitrogens with one attached hydrogen (secondary N) is 1. The molecule has 24 heavy (non-hydrogen) atoms. The molecule has 3 rings (SSSR count). The van der Waals surface area contributed by atoms with E-state index < -0.39 is 9.84 Å². The molecule has 0 radical (unpaired) electrons. The zero-order valence-corrected chi connectivity index (χ0v) is 13.7. The number of sulfone groups is 1. The topological polar surface area (TPSA) is 76.1 Å². The molecule has 0 bridgehead atoms. The third kappa shape index (κ3) is 4.17. The van der Waals surface area contributed by atoms with Crippen molar-refractivity contribution in [1.29, 1.82) is 0 Å². The lowest BCUT2D eigenvalue weighted by Gasteiger charge is -2.11. The number of nitrogens with zero attached hydrogens (tertiary/aromatic N) is 1. The number of halogens is 1. The van der Waals surface area contributed by atoms with E-state index in [1.165, 1.54) is 18.3 Å². The monoisotopic (exact) mass is 348 g/mol. The summed E-state index contributed by atoms with van der Waals surface area (Å²) in [5.74, 6) is -0.539. The molecule has 2 heterocycles. The normalized spacial score (nSPS) is 19.1. The van der Waals surface area contributed by atoms with E-state index in [0.29, 0.717) is 24.1 Å². The van der Waals surface area contributed by atoms with Crippen LogP contribution in [0.4, 0.5) is 4.39 Å². The standard InChI is InChI=1S/C17H17FN2O3S/c18-14-3-1-2-12(8-14)9-16-10-13(4-6-19-16)17(21)20-15-5-7-24(22,23)11-15/h1-4,6,8,10,15H,5,7,9,11H2,(H,20,21). The van der Waals surface area contributed by atoms with Crippen molar-refractivity contribution in [3.63, 3.8) is 0 Å². The summed E-state index contributed by atoms with van der Waals surface area (Å²) in [7, 11) is -3.04. The van der Waals surface area contributed by atoms with Gasteiger partial charge in [-0.1, -0.05) is 12.1 Å². The lowest BCUT2D eigenvalue weighted by Crippen LogP contribution is -2.35. The van der Waals surface area contributed by atoms with Gasteiger partial charge in [-0.15, -0.1) is 0 Å². The maximum atomic E-state index is 13.2. The van der Waals surface area contributed by atoms with E-state index in [-0.39, 0.29) is 29.3 Å². The van der Waals surface area contributed by atoms with Crippen LogP contribution in [0.5, 0.6) is 0 Å². The summed E-state index contributed by atoms with van der Waals surface area (Å²) in [4.78, 5) is 16.5. The zero-order chi connectivity index (χ0) is 17.2. The molecule has 1 aliphatic heterocycles. The summed E-state index contributed by atoms with van der Waals surface area (Å²) in [6.45, 7) is 0. The first-order valence-corrected chi connectivity index (χ1v) is 9.44. The van der Waals surface area contributed by atoms with Crippen molar-refractivity contribution in [2.75, 3.05) is 11.5 Å². The van der Waals surface area contributed by atoms with E-state index in [1.807, 2.05) is 0 Å². The van der Waals surface area contributed by atoms with Crippen molar-refractivity contribution < 1.29 is 17.6 Å². The molecule has 7 heteroatoms. The third-order valence-electron chi connectivity index (χ3n) is 3.92. The SMILES string of the molecule is O=C(NC1CCS(=O)(=O)C1)c1ccnc(Cc2cccc(F)c2)c1. The van der Waals surface area contributed by atoms with Crippen LogP contribution in [0, 0.1) is 5.82 Å². The summed E-state index contributed by atoms with van der Waals surface area (Å²) >= 11 is 0. The average molecular weight is 348 g/mol. The molecule has 5 nitrogen and oxygen atoms in total. The van der Waals surface area contributed by atoms with Crippen molar-refractivity contribution in [3.8, 4) is 0 Å². The third-order valence-corrected chi connectivity index (χ3v) is 5.69. The minimum absolute atomic E-state index is 0.0139. The number of carbonyl (C=O) groups excluding carboxylic acids is 1. The van der Waals surface area contributed by atoms with E-state index >= 15 is 0 Å². The number of hydrogen-bond acceptors (Lipinski definition) is 4. The Hall–Kier alpha value is -2.28. The lowest BCUT2D eigenvalue weighted by molar-refractivity contribution is 0.0941. The number of benzene rings is 1. The molecule has 126 valence electrons. The van der Waals surface area contributed by atoms with Crippen molar-refractivity contribution in [2.24, 2.45) is 0 Å². The zero-order valence-electron chi connectivity index (χ0n) is 12.9. The second-order valence-corrected chi connectivity index (χ2v) is 8.14. The molecule has 2 aromatic rings. The van der Waals surface area contributed by atoms with Gasteiger partial charge in [0.15, 0.2) is 9.84 Å². The minimum atomic E-state index is -3.04. The first kappa shape index (κ1) is 16.6. The lowest BCUT2D eigenvalue weighted by atomic mass is 10.1. The van der Waals surface area contributed by atoms with Gasteiger partial charge in [-0.2, -0.15) is 0 Å². The predicted molar refractivity (Wildman–Crippen MR) is 88.0 cm³/mol. The van der Waals surface area contributed by atoms with Crippen LogP contribution in [0.25, 0.3) is 0 Å². The summed E-state index contributed by atoms with van der Waals surface area (Å²) in [5.41, 5.74) is 1.83. The van der Waals surface area contributed by atoms with Gasteiger partial charge < -0.3 is 5.32 Å². The smallest absolute Gasteiger partial charge is 0.251 e. The maximum Gasteiger partial charge on any atom is 0.251 e. The molecule has 1 aromatic carbocycles. The molecule has 0 saturated carbocycles. The Morgan fingerprint density at radius 3 is 2.83 bits per heavy atom. The number of carbonyl (C=O) groups is 1. The Kier molecular flexibility index (Phi) is 4.62. The fourth-order valence-electron chi connectivity index (χ4n) is 2.75. The van der Waals surface area contributed by atoms with Gasteiger partial charge in [0.2, 0.25) is 0 Å². The van der Waals surface area contributed by atoms with E-state index in [2.05, 4.69) is 10.3 Å². The Morgan fingerprint density at radius 1 is 1.29 bits per heavy atom. The van der Waals surface area contributed by atoms with E-state index in [9.17, 15) is 17.6 Å². The Bertz CT molecular complexity index is 868. The highest BCUT2D eigenvalue weighted by Gasteiger charge is 2.29. The Balaban J connectivity index is 1.69. The molecule has 1 aliphatic rings. The van der Waals surface area contributed by atoms with Crippen molar-refractivity contribution in [3.05, 3.63) is 65.2 Å². The molecule has 1 fully saturated rings. The number of pyridine rings is 1. The number of rotatable bonds is 4. The highest BCUT2D eigenvalue weighted by Crippen LogP contribution is 2.14. The van der Waals surface area contributed by atoms with Gasteiger partial charge in [-0.05, 0) is 36.2 Å². The molecular weight excluding hydrogens is 331 g/mol. The van der Waals surface area contributed by atoms with Crippen LogP contribution in [0.3, 0.4) is 0 Å². The van der Waals surface area contributed by atoms with Gasteiger partial charge in [-0.25, -0.2) is 12.8 Å². The van der Waals surface area contributed by atoms with Crippen LogP contribution < -0.4 is 5.32 Å². The van der Waals surface area contributed by atoms with Crippen molar-refractivity contribution in [1.82, 2.24) is 10.3 Å². The van der Waals surface area contributed by atoms with Crippen LogP contribution in [-0.4, -0.2) is 36.9 Å². The maximum absolute atomic E-state index is 13.2. The van der Waals surface area contributed by atoms with Crippen LogP contribution in [0.15, 0.2) is 42.6 Å². The van der Waals surface area contributed by atoms with Crippen LogP contribution in [0.1, 0.15) is 28.0 Å². The molecule has 1 saturated heterocycles. The van der Waals surface area contributed by atoms with E-state index in [0.717, 1.165) is 5.56 Å². The molecule has 1 unspecified atom stereocenters. The van der Waals surface area contributed by atoms with Gasteiger partial charge in [-0.3, -0.25) is 9.78 Å². The minimum Gasteiger partial charge on any atom is -0.348 e. The van der Waals surface area contributed by atoms with E-state index in [4.69, 9.17) is 0 Å². The first-order valence-electron chi connectivity index (χ1n) is 7.62. The van der Waals surface area contributed by atoms with Gasteiger partial charge in [0.1, 0.15) is 5.82 Å². The van der Waals surface area contributed by atoms with Crippen LogP contribution in [0.2, 0.25) is 0 Å².